The van der Waals surface area contributed by atoms with E-state index >= 15 is 0 Å². The van der Waals surface area contributed by atoms with Crippen molar-refractivity contribution in [2.45, 2.75) is 30.6 Å². The third kappa shape index (κ3) is 5.61. The summed E-state index contributed by atoms with van der Waals surface area (Å²) < 4.78 is 34.7. The van der Waals surface area contributed by atoms with Crippen molar-refractivity contribution in [2.24, 2.45) is 4.40 Å². The smallest absolute Gasteiger partial charge is 0.283 e. The molecule has 0 bridgehead atoms. The zero-order chi connectivity index (χ0) is 23.4. The number of anilines is 1. The molecule has 0 atom stereocenters. The SMILES string of the molecule is CN1CCC/C1=N\S(=O)(=O)c1ccc(NC(=O)CCc2ncc(-c3ccccc3Cl)o2)cc1. The average molecular weight is 487 g/mol. The molecular weight excluding hydrogens is 464 g/mol. The Morgan fingerprint density at radius 1 is 1.21 bits per heavy atom. The number of amidine groups is 1. The van der Waals surface area contributed by atoms with E-state index in [9.17, 15) is 13.2 Å². The van der Waals surface area contributed by atoms with Crippen LogP contribution in [0.5, 0.6) is 0 Å². The summed E-state index contributed by atoms with van der Waals surface area (Å²) in [5.74, 6) is 1.30. The number of nitrogens with zero attached hydrogens (tertiary/aromatic N) is 3. The number of aryl methyl sites for hydroxylation is 1. The molecule has 0 unspecified atom stereocenters. The molecule has 8 nitrogen and oxygen atoms in total. The Morgan fingerprint density at radius 3 is 2.67 bits per heavy atom. The van der Waals surface area contributed by atoms with Crippen molar-refractivity contribution < 1.29 is 17.6 Å². The third-order valence-corrected chi connectivity index (χ3v) is 6.90. The van der Waals surface area contributed by atoms with Crippen LogP contribution in [0.2, 0.25) is 5.02 Å². The molecule has 2 heterocycles. The predicted octanol–water partition coefficient (Wildman–Crippen LogP) is 4.38. The largest absolute Gasteiger partial charge is 0.441 e. The first-order valence-corrected chi connectivity index (χ1v) is 12.3. The second-order valence-electron chi connectivity index (χ2n) is 7.68. The molecule has 172 valence electrons. The van der Waals surface area contributed by atoms with E-state index < -0.39 is 10.0 Å². The molecule has 0 spiro atoms. The number of aromatic nitrogens is 1. The van der Waals surface area contributed by atoms with Gasteiger partial charge in [-0.3, -0.25) is 4.79 Å². The zero-order valence-electron chi connectivity index (χ0n) is 18.0. The molecule has 1 N–H and O–H groups in total. The number of hydrogen-bond acceptors (Lipinski definition) is 5. The van der Waals surface area contributed by atoms with Gasteiger partial charge < -0.3 is 14.6 Å². The van der Waals surface area contributed by atoms with Crippen molar-refractivity contribution in [3.63, 3.8) is 0 Å². The molecule has 0 aliphatic carbocycles. The number of amides is 1. The second kappa shape index (κ2) is 9.76. The molecule has 1 aliphatic heterocycles. The molecule has 0 radical (unpaired) electrons. The zero-order valence-corrected chi connectivity index (χ0v) is 19.6. The van der Waals surface area contributed by atoms with Gasteiger partial charge in [0, 0.05) is 44.1 Å². The summed E-state index contributed by atoms with van der Waals surface area (Å²) in [5, 5.41) is 3.31. The molecule has 2 aromatic carbocycles. The maximum atomic E-state index is 12.5. The fraction of sp³-hybridized carbons (Fsp3) is 0.261. The lowest BCUT2D eigenvalue weighted by Crippen LogP contribution is -2.20. The Kier molecular flexibility index (Phi) is 6.80. The number of benzene rings is 2. The number of likely N-dealkylation sites (tertiary alicyclic amines) is 1. The predicted molar refractivity (Wildman–Crippen MR) is 127 cm³/mol. The highest BCUT2D eigenvalue weighted by molar-refractivity contribution is 7.90. The van der Waals surface area contributed by atoms with E-state index in [0.717, 1.165) is 18.5 Å². The molecule has 3 aromatic rings. The number of halogens is 1. The molecule has 0 saturated carbocycles. The van der Waals surface area contributed by atoms with Crippen molar-refractivity contribution in [3.8, 4) is 11.3 Å². The lowest BCUT2D eigenvalue weighted by molar-refractivity contribution is -0.116. The van der Waals surface area contributed by atoms with Crippen LogP contribution in [0.15, 0.2) is 68.4 Å². The number of carbonyl (C=O) groups is 1. The minimum atomic E-state index is -3.79. The molecule has 1 saturated heterocycles. The van der Waals surface area contributed by atoms with Gasteiger partial charge >= 0.3 is 0 Å². The van der Waals surface area contributed by atoms with Crippen molar-refractivity contribution in [3.05, 3.63) is 65.6 Å². The summed E-state index contributed by atoms with van der Waals surface area (Å²) in [6.45, 7) is 0.800. The van der Waals surface area contributed by atoms with E-state index in [1.54, 1.807) is 24.4 Å². The van der Waals surface area contributed by atoms with Crippen molar-refractivity contribution in [2.75, 3.05) is 18.9 Å². The first kappa shape index (κ1) is 23.0. The van der Waals surface area contributed by atoms with E-state index in [0.29, 0.717) is 41.0 Å². The number of sulfonamides is 1. The minimum Gasteiger partial charge on any atom is -0.441 e. The van der Waals surface area contributed by atoms with Crippen LogP contribution in [0.3, 0.4) is 0 Å². The summed E-state index contributed by atoms with van der Waals surface area (Å²) in [5.41, 5.74) is 1.23. The van der Waals surface area contributed by atoms with Crippen molar-refractivity contribution in [1.82, 2.24) is 9.88 Å². The Labute approximate surface area is 197 Å². The van der Waals surface area contributed by atoms with E-state index in [4.69, 9.17) is 16.0 Å². The second-order valence-corrected chi connectivity index (χ2v) is 9.69. The normalized spacial score (nSPS) is 15.2. The van der Waals surface area contributed by atoms with Gasteiger partial charge in [-0.1, -0.05) is 23.7 Å². The van der Waals surface area contributed by atoms with Gasteiger partial charge in [-0.05, 0) is 42.8 Å². The Hall–Kier alpha value is -3.17. The highest BCUT2D eigenvalue weighted by Crippen LogP contribution is 2.28. The van der Waals surface area contributed by atoms with Crippen LogP contribution in [-0.2, 0) is 21.2 Å². The van der Waals surface area contributed by atoms with Crippen LogP contribution in [0.4, 0.5) is 5.69 Å². The molecule has 4 rings (SSSR count). The van der Waals surface area contributed by atoms with Gasteiger partial charge in [-0.25, -0.2) is 4.98 Å². The van der Waals surface area contributed by atoms with Gasteiger partial charge in [0.1, 0.15) is 5.84 Å². The first-order valence-electron chi connectivity index (χ1n) is 10.5. The van der Waals surface area contributed by atoms with Crippen LogP contribution in [0.1, 0.15) is 25.2 Å². The van der Waals surface area contributed by atoms with Gasteiger partial charge in [0.25, 0.3) is 10.0 Å². The van der Waals surface area contributed by atoms with Crippen LogP contribution in [0, 0.1) is 0 Å². The minimum absolute atomic E-state index is 0.0835. The quantitative estimate of drug-likeness (QED) is 0.531. The monoisotopic (exact) mass is 486 g/mol. The Morgan fingerprint density at radius 2 is 1.97 bits per heavy atom. The van der Waals surface area contributed by atoms with Crippen molar-refractivity contribution in [1.29, 1.82) is 0 Å². The van der Waals surface area contributed by atoms with Crippen LogP contribution >= 0.6 is 11.6 Å². The highest BCUT2D eigenvalue weighted by Gasteiger charge is 2.20. The van der Waals surface area contributed by atoms with Crippen LogP contribution in [0.25, 0.3) is 11.3 Å². The summed E-state index contributed by atoms with van der Waals surface area (Å²) in [7, 11) is -1.96. The Balaban J connectivity index is 1.34. The molecule has 33 heavy (non-hydrogen) atoms. The number of oxazole rings is 1. The summed E-state index contributed by atoms with van der Waals surface area (Å²) in [4.78, 5) is 18.5. The fourth-order valence-corrected chi connectivity index (χ4v) is 4.79. The van der Waals surface area contributed by atoms with Gasteiger partial charge in [0.15, 0.2) is 11.7 Å². The third-order valence-electron chi connectivity index (χ3n) is 5.25. The number of nitrogens with one attached hydrogen (secondary N) is 1. The van der Waals surface area contributed by atoms with Gasteiger partial charge in [0.05, 0.1) is 16.1 Å². The van der Waals surface area contributed by atoms with E-state index in [2.05, 4.69) is 14.7 Å². The molecule has 1 fully saturated rings. The number of hydrogen-bond donors (Lipinski definition) is 1. The van der Waals surface area contributed by atoms with Crippen LogP contribution in [-0.4, -0.2) is 43.6 Å². The molecule has 1 aromatic heterocycles. The summed E-state index contributed by atoms with van der Waals surface area (Å²) >= 11 is 6.17. The molecule has 1 amide bonds. The number of rotatable bonds is 7. The number of carbonyl (C=O) groups excluding carboxylic acids is 1. The van der Waals surface area contributed by atoms with Crippen molar-refractivity contribution >= 4 is 39.1 Å². The topological polar surface area (TPSA) is 105 Å². The summed E-state index contributed by atoms with van der Waals surface area (Å²) in [6.07, 6.45) is 3.59. The lowest BCUT2D eigenvalue weighted by Gasteiger charge is -2.11. The van der Waals surface area contributed by atoms with Gasteiger partial charge in [-0.2, -0.15) is 8.42 Å². The average Bonchev–Trinajstić information content (AvgIpc) is 3.42. The van der Waals surface area contributed by atoms with Gasteiger partial charge in [-0.15, -0.1) is 4.40 Å². The van der Waals surface area contributed by atoms with E-state index in [1.165, 1.54) is 12.1 Å². The fourth-order valence-electron chi connectivity index (χ4n) is 3.47. The van der Waals surface area contributed by atoms with Crippen LogP contribution < -0.4 is 5.32 Å². The first-order chi connectivity index (χ1) is 15.8. The standard InChI is InChI=1S/C23H23ClN4O4S/c1-28-14-4-7-21(28)27-33(30,31)17-10-8-16(9-11-17)26-22(29)12-13-23-25-15-20(32-23)18-5-2-3-6-19(18)24/h2-3,5-6,8-11,15H,4,7,12-14H2,1H3,(H,26,29)/b27-21+. The van der Waals surface area contributed by atoms with E-state index in [1.807, 2.05) is 30.1 Å². The lowest BCUT2D eigenvalue weighted by atomic mass is 10.2. The van der Waals surface area contributed by atoms with Gasteiger partial charge in [0.2, 0.25) is 5.91 Å². The molecule has 10 heteroatoms. The maximum absolute atomic E-state index is 12.5. The highest BCUT2D eigenvalue weighted by atomic mass is 35.5. The van der Waals surface area contributed by atoms with E-state index in [-0.39, 0.29) is 17.2 Å². The maximum Gasteiger partial charge on any atom is 0.283 e. The Bertz CT molecular complexity index is 1290. The summed E-state index contributed by atoms with van der Waals surface area (Å²) in [6, 6.07) is 13.3. The molecular formula is C23H23ClN4O4S. The molecule has 1 aliphatic rings.